The summed E-state index contributed by atoms with van der Waals surface area (Å²) in [6, 6.07) is 18.5. The second kappa shape index (κ2) is 11.6. The predicted octanol–water partition coefficient (Wildman–Crippen LogP) is 6.87. The molecule has 0 heterocycles. The highest BCUT2D eigenvalue weighted by Crippen LogP contribution is 2.35. The number of hydrogen-bond donors (Lipinski definition) is 1. The van der Waals surface area contributed by atoms with Gasteiger partial charge in [-0.2, -0.15) is 5.26 Å². The van der Waals surface area contributed by atoms with Gasteiger partial charge in [-0.15, -0.1) is 0 Å². The van der Waals surface area contributed by atoms with Gasteiger partial charge in [0.25, 0.3) is 5.91 Å². The number of nitriles is 1. The summed E-state index contributed by atoms with van der Waals surface area (Å²) in [6.07, 6.45) is 1.48. The van der Waals surface area contributed by atoms with Crippen molar-refractivity contribution < 1.29 is 18.7 Å². The van der Waals surface area contributed by atoms with E-state index in [0.29, 0.717) is 33.8 Å². The Balaban J connectivity index is 1.84. The first kappa shape index (κ1) is 24.5. The third kappa shape index (κ3) is 6.91. The first-order valence-electron chi connectivity index (χ1n) is 9.92. The maximum absolute atomic E-state index is 13.1. The minimum atomic E-state index is -0.530. The maximum atomic E-state index is 13.1. The minimum Gasteiger partial charge on any atom is -0.490 e. The average Bonchev–Trinajstić information content (AvgIpc) is 2.79. The molecule has 1 N–H and O–H groups in total. The Hall–Kier alpha value is -3.15. The highest BCUT2D eigenvalue weighted by atomic mass is 79.9. The molecule has 3 rings (SSSR count). The van der Waals surface area contributed by atoms with E-state index in [1.54, 1.807) is 42.5 Å². The number of benzene rings is 3. The second-order valence-electron chi connectivity index (χ2n) is 6.80. The van der Waals surface area contributed by atoms with E-state index >= 15 is 0 Å². The van der Waals surface area contributed by atoms with Crippen LogP contribution < -0.4 is 14.8 Å². The monoisotopic (exact) mass is 572 g/mol. The van der Waals surface area contributed by atoms with E-state index in [-0.39, 0.29) is 18.0 Å². The van der Waals surface area contributed by atoms with Crippen molar-refractivity contribution in [2.45, 2.75) is 13.5 Å². The summed E-state index contributed by atoms with van der Waals surface area (Å²) in [4.78, 5) is 12.6. The summed E-state index contributed by atoms with van der Waals surface area (Å²) in [5.41, 5.74) is 1.87. The molecule has 3 aromatic rings. The van der Waals surface area contributed by atoms with Crippen molar-refractivity contribution in [3.05, 3.63) is 92.1 Å². The maximum Gasteiger partial charge on any atom is 0.266 e. The molecule has 0 saturated carbocycles. The van der Waals surface area contributed by atoms with Crippen molar-refractivity contribution in [2.75, 3.05) is 11.9 Å². The first-order valence-corrected chi connectivity index (χ1v) is 11.5. The standard InChI is InChI=1S/C25H19Br2FN2O3/c1-2-32-23-11-17(10-18(14-29)25(31)30-21-5-3-4-19(26)12-21)22(27)13-24(23)33-15-16-6-8-20(28)9-7-16/h3-13H,2,15H2,1H3,(H,30,31)/b18-10-. The van der Waals surface area contributed by atoms with Crippen LogP contribution in [-0.2, 0) is 11.4 Å². The number of carbonyl (C=O) groups excluding carboxylic acids is 1. The van der Waals surface area contributed by atoms with Gasteiger partial charge in [0.1, 0.15) is 24.1 Å². The minimum absolute atomic E-state index is 0.0712. The number of nitrogens with one attached hydrogen (secondary N) is 1. The first-order chi connectivity index (χ1) is 15.9. The molecule has 0 fully saturated rings. The number of anilines is 1. The van der Waals surface area contributed by atoms with Crippen LogP contribution in [0.4, 0.5) is 10.1 Å². The van der Waals surface area contributed by atoms with Crippen LogP contribution in [0.5, 0.6) is 11.5 Å². The fourth-order valence-electron chi connectivity index (χ4n) is 2.85. The van der Waals surface area contributed by atoms with Gasteiger partial charge in [0.05, 0.1) is 6.61 Å². The molecule has 0 aliphatic carbocycles. The van der Waals surface area contributed by atoms with Gasteiger partial charge in [0.15, 0.2) is 11.5 Å². The zero-order valence-electron chi connectivity index (χ0n) is 17.6. The van der Waals surface area contributed by atoms with Crippen molar-refractivity contribution in [2.24, 2.45) is 0 Å². The normalized spacial score (nSPS) is 10.9. The fourth-order valence-corrected chi connectivity index (χ4v) is 3.69. The van der Waals surface area contributed by atoms with Crippen molar-refractivity contribution in [3.8, 4) is 17.6 Å². The molecule has 3 aromatic carbocycles. The van der Waals surface area contributed by atoms with Crippen molar-refractivity contribution >= 4 is 49.5 Å². The third-order valence-corrected chi connectivity index (χ3v) is 5.60. The lowest BCUT2D eigenvalue weighted by molar-refractivity contribution is -0.112. The molecule has 0 atom stereocenters. The molecule has 5 nitrogen and oxygen atoms in total. The van der Waals surface area contributed by atoms with Gasteiger partial charge in [-0.25, -0.2) is 4.39 Å². The summed E-state index contributed by atoms with van der Waals surface area (Å²) in [5.74, 6) is 0.0861. The Kier molecular flexibility index (Phi) is 8.64. The van der Waals surface area contributed by atoms with Gasteiger partial charge in [-0.3, -0.25) is 4.79 Å². The Bertz CT molecular complexity index is 1220. The molecule has 0 unspecified atom stereocenters. The van der Waals surface area contributed by atoms with E-state index in [0.717, 1.165) is 10.0 Å². The van der Waals surface area contributed by atoms with Gasteiger partial charge in [-0.1, -0.05) is 50.1 Å². The quantitative estimate of drug-likeness (QED) is 0.236. The van der Waals surface area contributed by atoms with E-state index < -0.39 is 5.91 Å². The Morgan fingerprint density at radius 1 is 1.09 bits per heavy atom. The van der Waals surface area contributed by atoms with Crippen LogP contribution >= 0.6 is 31.9 Å². The summed E-state index contributed by atoms with van der Waals surface area (Å²) < 4.78 is 26.1. The smallest absolute Gasteiger partial charge is 0.266 e. The van der Waals surface area contributed by atoms with Crippen LogP contribution in [-0.4, -0.2) is 12.5 Å². The number of hydrogen-bond acceptors (Lipinski definition) is 4. The average molecular weight is 574 g/mol. The van der Waals surface area contributed by atoms with Gasteiger partial charge in [-0.05, 0) is 66.6 Å². The summed E-state index contributed by atoms with van der Waals surface area (Å²) in [7, 11) is 0. The number of ether oxygens (including phenoxy) is 2. The molecule has 8 heteroatoms. The molecule has 0 spiro atoms. The van der Waals surface area contributed by atoms with Crippen LogP contribution in [0.25, 0.3) is 6.08 Å². The zero-order chi connectivity index (χ0) is 23.8. The van der Waals surface area contributed by atoms with Crippen LogP contribution in [0.2, 0.25) is 0 Å². The molecular weight excluding hydrogens is 555 g/mol. The Morgan fingerprint density at radius 3 is 2.48 bits per heavy atom. The number of rotatable bonds is 8. The Labute approximate surface area is 208 Å². The lowest BCUT2D eigenvalue weighted by Gasteiger charge is -2.14. The Morgan fingerprint density at radius 2 is 1.82 bits per heavy atom. The van der Waals surface area contributed by atoms with Crippen LogP contribution in [0.1, 0.15) is 18.1 Å². The van der Waals surface area contributed by atoms with Gasteiger partial charge in [0, 0.05) is 14.6 Å². The van der Waals surface area contributed by atoms with E-state index in [2.05, 4.69) is 37.2 Å². The fraction of sp³-hybridized carbons (Fsp3) is 0.120. The van der Waals surface area contributed by atoms with E-state index in [1.165, 1.54) is 18.2 Å². The second-order valence-corrected chi connectivity index (χ2v) is 8.57. The molecule has 0 saturated heterocycles. The topological polar surface area (TPSA) is 71.3 Å². The lowest BCUT2D eigenvalue weighted by Crippen LogP contribution is -2.13. The number of carbonyl (C=O) groups is 1. The van der Waals surface area contributed by atoms with E-state index in [1.807, 2.05) is 19.1 Å². The van der Waals surface area contributed by atoms with Crippen LogP contribution in [0.15, 0.2) is 75.2 Å². The summed E-state index contributed by atoms with van der Waals surface area (Å²) >= 11 is 6.82. The van der Waals surface area contributed by atoms with Crippen molar-refractivity contribution in [1.82, 2.24) is 0 Å². The SMILES string of the molecule is CCOc1cc(/C=C(/C#N)C(=O)Nc2cccc(Br)c2)c(Br)cc1OCc1ccc(F)cc1. The molecular formula is C25H19Br2FN2O3. The van der Waals surface area contributed by atoms with Crippen molar-refractivity contribution in [1.29, 1.82) is 5.26 Å². The molecule has 0 aromatic heterocycles. The predicted molar refractivity (Wildman–Crippen MR) is 132 cm³/mol. The molecule has 0 bridgehead atoms. The molecule has 33 heavy (non-hydrogen) atoms. The van der Waals surface area contributed by atoms with E-state index in [9.17, 15) is 14.4 Å². The van der Waals surface area contributed by atoms with Crippen LogP contribution in [0, 0.1) is 17.1 Å². The lowest BCUT2D eigenvalue weighted by atomic mass is 10.1. The zero-order valence-corrected chi connectivity index (χ0v) is 20.7. The number of nitrogens with zero attached hydrogens (tertiary/aromatic N) is 1. The molecule has 168 valence electrons. The highest BCUT2D eigenvalue weighted by Gasteiger charge is 2.14. The van der Waals surface area contributed by atoms with Crippen LogP contribution in [0.3, 0.4) is 0 Å². The number of halogens is 3. The molecule has 0 aliphatic heterocycles. The molecule has 1 amide bonds. The largest absolute Gasteiger partial charge is 0.490 e. The van der Waals surface area contributed by atoms with E-state index in [4.69, 9.17) is 9.47 Å². The third-order valence-electron chi connectivity index (χ3n) is 4.42. The summed E-state index contributed by atoms with van der Waals surface area (Å²) in [5, 5.41) is 12.3. The molecule has 0 radical (unpaired) electrons. The van der Waals surface area contributed by atoms with Gasteiger partial charge in [0.2, 0.25) is 0 Å². The summed E-state index contributed by atoms with van der Waals surface area (Å²) in [6.45, 7) is 2.46. The number of amides is 1. The highest BCUT2D eigenvalue weighted by molar-refractivity contribution is 9.10. The van der Waals surface area contributed by atoms with Crippen molar-refractivity contribution in [3.63, 3.8) is 0 Å². The molecule has 0 aliphatic rings. The van der Waals surface area contributed by atoms with Gasteiger partial charge >= 0.3 is 0 Å². The van der Waals surface area contributed by atoms with Gasteiger partial charge < -0.3 is 14.8 Å².